The number of carbonyl (C=O) groups excluding carboxylic acids is 11. The van der Waals surface area contributed by atoms with Crippen LogP contribution in [0.1, 0.15) is 111 Å². The van der Waals surface area contributed by atoms with Gasteiger partial charge in [-0.3, -0.25) is 52.7 Å². The largest absolute Gasteiger partial charge is 0.508 e. The highest BCUT2D eigenvalue weighted by molar-refractivity contribution is 8.76. The average Bonchev–Trinajstić information content (AvgIpc) is 4.26. The third kappa shape index (κ3) is 22.2. The lowest BCUT2D eigenvalue weighted by molar-refractivity contribution is -0.143. The number of benzene rings is 1. The number of amides is 11. The molecule has 4 rings (SSSR count). The number of nitrogens with two attached hydrogens (primary N) is 3. The molecule has 0 aromatic heterocycles. The zero-order chi connectivity index (χ0) is 63.8. The van der Waals surface area contributed by atoms with E-state index in [1.54, 1.807) is 0 Å². The summed E-state index contributed by atoms with van der Waals surface area (Å²) in [6.07, 6.45) is 2.92. The van der Waals surface area contributed by atoms with Crippen molar-refractivity contribution in [2.45, 2.75) is 184 Å². The summed E-state index contributed by atoms with van der Waals surface area (Å²) in [5.41, 5.74) is 18.2. The summed E-state index contributed by atoms with van der Waals surface area (Å²) in [5, 5.41) is 53.3. The van der Waals surface area contributed by atoms with Crippen LogP contribution < -0.4 is 65.1 Å². The van der Waals surface area contributed by atoms with Gasteiger partial charge in [-0.15, -0.1) is 0 Å². The molecule has 3 saturated heterocycles. The summed E-state index contributed by atoms with van der Waals surface area (Å²) in [6.45, 7) is 7.54. The number of rotatable bonds is 14. The van der Waals surface area contributed by atoms with Crippen molar-refractivity contribution < 1.29 is 72.9 Å². The van der Waals surface area contributed by atoms with E-state index in [0.29, 0.717) is 44.1 Å². The molecule has 11 amide bonds. The zero-order valence-corrected chi connectivity index (χ0v) is 51.1. The second-order valence-electron chi connectivity index (χ2n) is 22.2. The van der Waals surface area contributed by atoms with E-state index in [1.807, 2.05) is 13.8 Å². The minimum atomic E-state index is -1.71. The van der Waals surface area contributed by atoms with Gasteiger partial charge in [0.05, 0.1) is 12.6 Å². The number of hydrogen-bond acceptors (Lipinski definition) is 19. The number of hydrogen-bond donors (Lipinski definition) is 15. The lowest BCUT2D eigenvalue weighted by atomic mass is 10.0. The monoisotopic (exact) mass is 1250 g/mol. The number of carboxylic acids is 1. The van der Waals surface area contributed by atoms with E-state index in [2.05, 4.69) is 47.9 Å². The molecule has 0 radical (unpaired) electrons. The maximum absolute atomic E-state index is 14.5. The number of fused-ring (bicyclic) bond motifs is 2. The van der Waals surface area contributed by atoms with Crippen LogP contribution in [0, 0.1) is 5.92 Å². The number of aliphatic hydroxyl groups is 1. The molecule has 0 unspecified atom stereocenters. The first-order valence-corrected chi connectivity index (χ1v) is 31.6. The van der Waals surface area contributed by atoms with Gasteiger partial charge in [0.25, 0.3) is 0 Å². The van der Waals surface area contributed by atoms with Crippen LogP contribution in [-0.4, -0.2) is 213 Å². The first-order chi connectivity index (χ1) is 40.8. The van der Waals surface area contributed by atoms with E-state index < -0.39 is 150 Å². The summed E-state index contributed by atoms with van der Waals surface area (Å²) < 4.78 is 0. The van der Waals surface area contributed by atoms with Crippen LogP contribution in [-0.2, 0) is 64.0 Å². The Kier molecular flexibility index (Phi) is 29.8. The zero-order valence-electron chi connectivity index (χ0n) is 49.4. The number of carboxylic acid groups (broad SMARTS) is 1. The van der Waals surface area contributed by atoms with Crippen LogP contribution in [0.15, 0.2) is 24.3 Å². The smallest absolute Gasteiger partial charge is 0.327 e. The van der Waals surface area contributed by atoms with Gasteiger partial charge in [-0.1, -0.05) is 47.6 Å². The van der Waals surface area contributed by atoms with Crippen molar-refractivity contribution in [3.8, 4) is 5.75 Å². The van der Waals surface area contributed by atoms with Crippen LogP contribution in [0.25, 0.3) is 0 Å². The number of aliphatic hydroxyl groups excluding tert-OH is 1. The Labute approximate surface area is 508 Å². The van der Waals surface area contributed by atoms with E-state index in [0.717, 1.165) is 21.6 Å². The molecule has 31 heteroatoms. The number of nitrogens with one attached hydrogen (secondary N) is 9. The maximum atomic E-state index is 14.5. The number of carbonyl (C=O) groups is 12. The summed E-state index contributed by atoms with van der Waals surface area (Å²) in [4.78, 5) is 168. The van der Waals surface area contributed by atoms with Crippen LogP contribution in [0.5, 0.6) is 5.75 Å². The van der Waals surface area contributed by atoms with Crippen LogP contribution >= 0.6 is 21.6 Å². The van der Waals surface area contributed by atoms with E-state index in [1.165, 1.54) is 54.8 Å². The van der Waals surface area contributed by atoms with Crippen molar-refractivity contribution in [2.24, 2.45) is 23.1 Å². The Morgan fingerprint density at radius 2 is 1.01 bits per heavy atom. The number of phenols is 1. The molecule has 1 aromatic carbocycles. The first-order valence-electron chi connectivity index (χ1n) is 29.2. The number of aromatic hydroxyl groups is 1. The Balaban J connectivity index is 1.66. The standard InChI is InChI=1S/C55H88N14O15S2/c1-29(2)24-38-49(77)63-37(13-7-9-21-57)54(82)69-23-11-14-42(69)51(79)60-31(4)45(73)62-36(12-6-8-20-56)47(75)66-40(26-70)50(78)67-41(55(83)84)28-86-85-27-35(58)46(74)64-39(25-33-16-18-34(71)19-17-33)48(76)59-30(3)44(72)61-32(5)53(81)68-22-10-15-43(68)52(80)65-38/h16-19,29-32,35-43,70-71H,6-15,20-28,56-58H2,1-5H3,(H,59,76)(H,60,79)(H,61,72)(H,62,73)(H,63,77)(H,64,74)(H,65,80)(H,66,75)(H,67,78)(H,83,84)/t30-,31-,32-,35-,36-,37-,38-,39-,40-,41-,42-,43-/m0/s1. The van der Waals surface area contributed by atoms with Gasteiger partial charge >= 0.3 is 5.97 Å². The van der Waals surface area contributed by atoms with E-state index in [4.69, 9.17) is 17.2 Å². The molecule has 3 aliphatic heterocycles. The number of nitrogens with zero attached hydrogens (tertiary/aromatic N) is 2. The summed E-state index contributed by atoms with van der Waals surface area (Å²) in [7, 11) is 1.87. The fraction of sp³-hybridized carbons (Fsp3) is 0.673. The molecule has 3 fully saturated rings. The van der Waals surface area contributed by atoms with Crippen molar-refractivity contribution >= 4 is 92.5 Å². The maximum Gasteiger partial charge on any atom is 0.327 e. The molecule has 12 atom stereocenters. The molecule has 480 valence electrons. The molecule has 0 bridgehead atoms. The van der Waals surface area contributed by atoms with Crippen molar-refractivity contribution in [1.82, 2.24) is 57.7 Å². The number of unbranched alkanes of at least 4 members (excludes halogenated alkanes) is 2. The predicted octanol–water partition coefficient (Wildman–Crippen LogP) is -3.56. The topological polar surface area (TPSA) is 458 Å². The van der Waals surface area contributed by atoms with Gasteiger partial charge in [0, 0.05) is 31.0 Å². The molecule has 1 aromatic rings. The Morgan fingerprint density at radius 3 is 1.58 bits per heavy atom. The van der Waals surface area contributed by atoms with Gasteiger partial charge in [-0.25, -0.2) is 4.79 Å². The molecule has 3 aliphatic rings. The molecule has 86 heavy (non-hydrogen) atoms. The molecule has 0 spiro atoms. The fourth-order valence-electron chi connectivity index (χ4n) is 9.84. The van der Waals surface area contributed by atoms with Crippen molar-refractivity contribution in [2.75, 3.05) is 44.3 Å². The van der Waals surface area contributed by atoms with Gasteiger partial charge in [0.1, 0.15) is 72.2 Å². The third-order valence-corrected chi connectivity index (χ3v) is 17.2. The molecular formula is C55H88N14O15S2. The predicted molar refractivity (Wildman–Crippen MR) is 319 cm³/mol. The van der Waals surface area contributed by atoms with Crippen molar-refractivity contribution in [3.63, 3.8) is 0 Å². The lowest BCUT2D eigenvalue weighted by Gasteiger charge is -2.31. The van der Waals surface area contributed by atoms with Crippen molar-refractivity contribution in [1.29, 1.82) is 0 Å². The summed E-state index contributed by atoms with van der Waals surface area (Å²) in [6, 6.07) is -9.88. The first kappa shape index (κ1) is 71.7. The molecule has 0 saturated carbocycles. The van der Waals surface area contributed by atoms with E-state index in [9.17, 15) is 72.9 Å². The summed E-state index contributed by atoms with van der Waals surface area (Å²) in [5.74, 6) is -10.7. The Bertz CT molecular complexity index is 2530. The normalized spacial score (nSPS) is 28.5. The molecule has 29 nitrogen and oxygen atoms in total. The van der Waals surface area contributed by atoms with Crippen molar-refractivity contribution in [3.05, 3.63) is 29.8 Å². The average molecular weight is 1250 g/mol. The second kappa shape index (κ2) is 35.7. The van der Waals surface area contributed by atoms with E-state index in [-0.39, 0.29) is 87.9 Å². The highest BCUT2D eigenvalue weighted by Crippen LogP contribution is 2.25. The SMILES string of the molecule is CC(C)C[C@@H]1NC(=O)[C@@H]2CCCN2C(=O)[C@H](C)NC(=O)[C@H](C)NC(=O)[C@H](Cc2ccc(O)cc2)NC(=O)[C@@H](N)CSSC[C@@H](C(=O)O)NC(=O)[C@H](CO)NC(=O)[C@H](CCCCN)NC(=O)[C@H](C)NC(=O)[C@@H]2CCCN2C(=O)[C@H](CCCCN)NC1=O. The molecule has 18 N–H and O–H groups in total. The number of aliphatic carboxylic acids is 1. The molecule has 0 aliphatic carbocycles. The van der Waals surface area contributed by atoms with Crippen LogP contribution in [0.2, 0.25) is 0 Å². The van der Waals surface area contributed by atoms with Crippen LogP contribution in [0.4, 0.5) is 0 Å². The van der Waals surface area contributed by atoms with Gasteiger partial charge in [0.2, 0.25) is 65.0 Å². The summed E-state index contributed by atoms with van der Waals surface area (Å²) >= 11 is 0. The van der Waals surface area contributed by atoms with Gasteiger partial charge < -0.3 is 90.2 Å². The Hall–Kier alpha value is -6.80. The lowest BCUT2D eigenvalue weighted by Crippen LogP contribution is -2.60. The third-order valence-electron chi connectivity index (χ3n) is 14.7. The van der Waals surface area contributed by atoms with Crippen LogP contribution in [0.3, 0.4) is 0 Å². The quantitative estimate of drug-likeness (QED) is 0.0633. The van der Waals surface area contributed by atoms with Gasteiger partial charge in [-0.2, -0.15) is 0 Å². The molecular weight excluding hydrogens is 1160 g/mol. The van der Waals surface area contributed by atoms with Gasteiger partial charge in [0.15, 0.2) is 0 Å². The minimum absolute atomic E-state index is 0.00691. The number of phenolic OH excluding ortho intramolecular Hbond substituents is 1. The fourth-order valence-corrected chi connectivity index (χ4v) is 12.1. The van der Waals surface area contributed by atoms with E-state index >= 15 is 0 Å². The second-order valence-corrected chi connectivity index (χ2v) is 24.8. The van der Waals surface area contributed by atoms with Gasteiger partial charge in [-0.05, 0) is 128 Å². The minimum Gasteiger partial charge on any atom is -0.508 e. The molecule has 3 heterocycles. The highest BCUT2D eigenvalue weighted by Gasteiger charge is 2.42. The highest BCUT2D eigenvalue weighted by atomic mass is 33.1. The Morgan fingerprint density at radius 1 is 0.558 bits per heavy atom.